The fraction of sp³-hybridized carbons (Fsp3) is 0.125. The van der Waals surface area contributed by atoms with Crippen LogP contribution in [0.25, 0.3) is 10.2 Å². The first-order valence-electron chi connectivity index (χ1n) is 9.87. The molecule has 0 saturated heterocycles. The van der Waals surface area contributed by atoms with E-state index in [-0.39, 0.29) is 29.3 Å². The van der Waals surface area contributed by atoms with Crippen LogP contribution < -0.4 is 10.6 Å². The number of aromatic hydroxyl groups is 1. The number of carbonyl (C=O) groups excluding carboxylic acids is 2. The van der Waals surface area contributed by atoms with E-state index < -0.39 is 11.9 Å². The van der Waals surface area contributed by atoms with Gasteiger partial charge in [-0.3, -0.25) is 9.59 Å². The number of carbonyl (C=O) groups is 2. The van der Waals surface area contributed by atoms with Crippen molar-refractivity contribution >= 4 is 33.4 Å². The van der Waals surface area contributed by atoms with Gasteiger partial charge < -0.3 is 20.3 Å². The Morgan fingerprint density at radius 1 is 1.12 bits per heavy atom. The van der Waals surface area contributed by atoms with Crippen LogP contribution in [-0.4, -0.2) is 28.0 Å². The predicted octanol–water partition coefficient (Wildman–Crippen LogP) is 3.72. The molecule has 1 unspecified atom stereocenters. The van der Waals surface area contributed by atoms with E-state index in [1.54, 1.807) is 11.3 Å². The molecule has 0 saturated carbocycles. The molecular formula is C24H20N4O3S. The molecule has 0 spiro atoms. The Kier molecular flexibility index (Phi) is 5.92. The Hall–Kier alpha value is -4.09. The lowest BCUT2D eigenvalue weighted by molar-refractivity contribution is 0.0905. The molecule has 2 aromatic heterocycles. The zero-order valence-electron chi connectivity index (χ0n) is 17.2. The van der Waals surface area contributed by atoms with Gasteiger partial charge in [-0.25, -0.2) is 0 Å². The van der Waals surface area contributed by atoms with Gasteiger partial charge in [-0.2, -0.15) is 5.26 Å². The van der Waals surface area contributed by atoms with Crippen LogP contribution in [0, 0.1) is 11.3 Å². The molecule has 2 amide bonds. The number of rotatable bonds is 6. The van der Waals surface area contributed by atoms with Crippen LogP contribution >= 0.6 is 11.3 Å². The van der Waals surface area contributed by atoms with Gasteiger partial charge in [0.05, 0.1) is 27.9 Å². The van der Waals surface area contributed by atoms with Gasteiger partial charge in [-0.1, -0.05) is 30.3 Å². The molecular weight excluding hydrogens is 424 g/mol. The predicted molar refractivity (Wildman–Crippen MR) is 123 cm³/mol. The average molecular weight is 445 g/mol. The van der Waals surface area contributed by atoms with Crippen LogP contribution in [0.4, 0.5) is 0 Å². The lowest BCUT2D eigenvalue weighted by atomic mass is 10.1. The van der Waals surface area contributed by atoms with Crippen molar-refractivity contribution < 1.29 is 14.7 Å². The molecule has 0 aliphatic rings. The molecule has 2 aromatic carbocycles. The van der Waals surface area contributed by atoms with Gasteiger partial charge in [0.2, 0.25) is 0 Å². The van der Waals surface area contributed by atoms with E-state index in [2.05, 4.69) is 10.6 Å². The Morgan fingerprint density at radius 2 is 1.91 bits per heavy atom. The monoisotopic (exact) mass is 444 g/mol. The standard InChI is InChI=1S/C24H20N4O3S/c1-28-20-7-8-32-22(20)12-21(28)24(31)26-14-19(16-5-3-2-4-6-16)27-23(30)17-9-15(13-25)10-18(29)11-17/h2-12,19,29H,14H2,1H3,(H,26,31)(H,27,30). The van der Waals surface area contributed by atoms with Crippen LogP contribution in [0.3, 0.4) is 0 Å². The number of fused-ring (bicyclic) bond motifs is 1. The molecule has 0 aliphatic heterocycles. The summed E-state index contributed by atoms with van der Waals surface area (Å²) in [4.78, 5) is 25.7. The van der Waals surface area contributed by atoms with E-state index >= 15 is 0 Å². The number of aromatic nitrogens is 1. The number of phenolic OH excluding ortho intramolecular Hbond substituents is 1. The summed E-state index contributed by atoms with van der Waals surface area (Å²) in [6, 6.07) is 18.5. The van der Waals surface area contributed by atoms with Gasteiger partial charge in [0.1, 0.15) is 11.4 Å². The maximum atomic E-state index is 12.9. The molecule has 0 aliphatic carbocycles. The summed E-state index contributed by atoms with van der Waals surface area (Å²) in [7, 11) is 1.84. The number of nitrogens with zero attached hydrogens (tertiary/aromatic N) is 2. The minimum atomic E-state index is -0.512. The van der Waals surface area contributed by atoms with Crippen molar-refractivity contribution in [3.8, 4) is 11.8 Å². The van der Waals surface area contributed by atoms with E-state index in [0.717, 1.165) is 15.8 Å². The van der Waals surface area contributed by atoms with E-state index in [9.17, 15) is 14.7 Å². The Bertz CT molecular complexity index is 1330. The molecule has 32 heavy (non-hydrogen) atoms. The van der Waals surface area contributed by atoms with Crippen LogP contribution in [-0.2, 0) is 7.05 Å². The van der Waals surface area contributed by atoms with Gasteiger partial charge in [0.15, 0.2) is 0 Å². The van der Waals surface area contributed by atoms with E-state index in [1.165, 1.54) is 18.2 Å². The second-order valence-corrected chi connectivity index (χ2v) is 8.23. The van der Waals surface area contributed by atoms with Crippen molar-refractivity contribution in [1.82, 2.24) is 15.2 Å². The Balaban J connectivity index is 1.53. The molecule has 0 fully saturated rings. The topological polar surface area (TPSA) is 107 Å². The molecule has 4 aromatic rings. The zero-order chi connectivity index (χ0) is 22.7. The van der Waals surface area contributed by atoms with Crippen LogP contribution in [0.1, 0.15) is 38.0 Å². The molecule has 8 heteroatoms. The largest absolute Gasteiger partial charge is 0.508 e. The summed E-state index contributed by atoms with van der Waals surface area (Å²) in [5.74, 6) is -0.863. The molecule has 1 atom stereocenters. The Morgan fingerprint density at radius 3 is 2.62 bits per heavy atom. The van der Waals surface area contributed by atoms with E-state index in [4.69, 9.17) is 5.26 Å². The van der Waals surface area contributed by atoms with Gasteiger partial charge in [-0.05, 0) is 41.3 Å². The van der Waals surface area contributed by atoms with Crippen molar-refractivity contribution in [3.05, 3.63) is 88.4 Å². The van der Waals surface area contributed by atoms with Crippen molar-refractivity contribution in [3.63, 3.8) is 0 Å². The number of aryl methyl sites for hydroxylation is 1. The van der Waals surface area contributed by atoms with E-state index in [0.29, 0.717) is 5.69 Å². The normalized spacial score (nSPS) is 11.6. The molecule has 3 N–H and O–H groups in total. The van der Waals surface area contributed by atoms with Crippen molar-refractivity contribution in [1.29, 1.82) is 5.26 Å². The van der Waals surface area contributed by atoms with Gasteiger partial charge in [0, 0.05) is 19.2 Å². The minimum Gasteiger partial charge on any atom is -0.508 e. The van der Waals surface area contributed by atoms with E-state index in [1.807, 2.05) is 65.5 Å². The number of amides is 2. The highest BCUT2D eigenvalue weighted by Gasteiger charge is 2.20. The molecule has 2 heterocycles. The molecule has 7 nitrogen and oxygen atoms in total. The zero-order valence-corrected chi connectivity index (χ0v) is 18.0. The SMILES string of the molecule is Cn1c(C(=O)NCC(NC(=O)c2cc(O)cc(C#N)c2)c2ccccc2)cc2sccc21. The first-order chi connectivity index (χ1) is 15.5. The number of phenols is 1. The third kappa shape index (κ3) is 4.33. The summed E-state index contributed by atoms with van der Waals surface area (Å²) in [5, 5.41) is 26.7. The molecule has 160 valence electrons. The van der Waals surface area contributed by atoms with Gasteiger partial charge in [-0.15, -0.1) is 11.3 Å². The number of hydrogen-bond donors (Lipinski definition) is 3. The lowest BCUT2D eigenvalue weighted by Gasteiger charge is -2.20. The third-order valence-corrected chi connectivity index (χ3v) is 6.03. The summed E-state index contributed by atoms with van der Waals surface area (Å²) in [6.07, 6.45) is 0. The minimum absolute atomic E-state index is 0.163. The third-order valence-electron chi connectivity index (χ3n) is 5.18. The maximum Gasteiger partial charge on any atom is 0.268 e. The second kappa shape index (κ2) is 8.96. The highest BCUT2D eigenvalue weighted by Crippen LogP contribution is 2.24. The smallest absolute Gasteiger partial charge is 0.268 e. The highest BCUT2D eigenvalue weighted by atomic mass is 32.1. The number of nitrogens with one attached hydrogen (secondary N) is 2. The van der Waals surface area contributed by atoms with Crippen molar-refractivity contribution in [2.75, 3.05) is 6.54 Å². The molecule has 0 radical (unpaired) electrons. The highest BCUT2D eigenvalue weighted by molar-refractivity contribution is 7.17. The fourth-order valence-electron chi connectivity index (χ4n) is 3.54. The summed E-state index contributed by atoms with van der Waals surface area (Å²) < 4.78 is 2.87. The number of hydrogen-bond acceptors (Lipinski definition) is 5. The van der Waals surface area contributed by atoms with Crippen molar-refractivity contribution in [2.45, 2.75) is 6.04 Å². The average Bonchev–Trinajstić information content (AvgIpc) is 3.39. The first-order valence-corrected chi connectivity index (χ1v) is 10.8. The molecule has 0 bridgehead atoms. The maximum absolute atomic E-state index is 12.9. The quantitative estimate of drug-likeness (QED) is 0.421. The summed E-state index contributed by atoms with van der Waals surface area (Å²) in [5.41, 5.74) is 2.69. The number of nitriles is 1. The van der Waals surface area contributed by atoms with Crippen LogP contribution in [0.15, 0.2) is 66.0 Å². The van der Waals surface area contributed by atoms with Crippen LogP contribution in [0.2, 0.25) is 0 Å². The summed E-state index contributed by atoms with van der Waals surface area (Å²) in [6.45, 7) is 0.164. The van der Waals surface area contributed by atoms with Gasteiger partial charge in [0.25, 0.3) is 11.8 Å². The number of thiophene rings is 1. The summed E-state index contributed by atoms with van der Waals surface area (Å²) >= 11 is 1.57. The van der Waals surface area contributed by atoms with Crippen molar-refractivity contribution in [2.24, 2.45) is 7.05 Å². The van der Waals surface area contributed by atoms with Crippen LogP contribution in [0.5, 0.6) is 5.75 Å². The first kappa shape index (κ1) is 21.2. The second-order valence-electron chi connectivity index (χ2n) is 7.29. The molecule has 4 rings (SSSR count). The fourth-order valence-corrected chi connectivity index (χ4v) is 4.39. The number of benzene rings is 2. The van der Waals surface area contributed by atoms with Gasteiger partial charge >= 0.3 is 0 Å². The Labute approximate surface area is 188 Å². The lowest BCUT2D eigenvalue weighted by Crippen LogP contribution is -2.38.